The molecule has 0 saturated heterocycles. The highest BCUT2D eigenvalue weighted by Gasteiger charge is 2.40. The number of alkyl halides is 3. The molecular weight excluding hydrogens is 413 g/mol. The average molecular weight is 427 g/mol. The first kappa shape index (κ1) is 18.9. The van der Waals surface area contributed by atoms with Crippen molar-refractivity contribution in [1.82, 2.24) is 29.3 Å². The molecule has 0 unspecified atom stereocenters. The maximum absolute atomic E-state index is 13.9. The quantitative estimate of drug-likeness (QED) is 0.422. The van der Waals surface area contributed by atoms with Crippen LogP contribution in [0.5, 0.6) is 0 Å². The van der Waals surface area contributed by atoms with Crippen molar-refractivity contribution in [1.29, 1.82) is 0 Å². The average Bonchev–Trinajstić information content (AvgIpc) is 3.30. The molecule has 0 aliphatic carbocycles. The van der Waals surface area contributed by atoms with Crippen LogP contribution in [0.15, 0.2) is 24.7 Å². The molecule has 0 spiro atoms. The van der Waals surface area contributed by atoms with E-state index in [1.54, 1.807) is 41.0 Å². The van der Waals surface area contributed by atoms with Crippen LogP contribution in [0.4, 0.5) is 13.2 Å². The number of nitrogens with zero attached hydrogens (tertiary/aromatic N) is 6. The van der Waals surface area contributed by atoms with Crippen molar-refractivity contribution in [3.8, 4) is 22.2 Å². The Morgan fingerprint density at radius 2 is 1.93 bits per heavy atom. The third-order valence-electron chi connectivity index (χ3n) is 4.18. The molecule has 0 aliphatic heterocycles. The summed E-state index contributed by atoms with van der Waals surface area (Å²) in [7, 11) is 1.74. The van der Waals surface area contributed by atoms with Gasteiger partial charge in [0.25, 0.3) is 0 Å². The maximum Gasteiger partial charge on any atom is 0.418 e. The SMILES string of the molecule is CC(C)n1ccc(-c2sc3nc(-c4nccn4C)nc(Cl)c3c2C(F)(F)F)n1. The van der Waals surface area contributed by atoms with Crippen LogP contribution in [0.25, 0.3) is 32.4 Å². The van der Waals surface area contributed by atoms with Crippen molar-refractivity contribution in [3.05, 3.63) is 35.4 Å². The van der Waals surface area contributed by atoms with Crippen LogP contribution in [0.1, 0.15) is 25.5 Å². The Labute approximate surface area is 166 Å². The van der Waals surface area contributed by atoms with Crippen LogP contribution < -0.4 is 0 Å². The molecule has 6 nitrogen and oxygen atoms in total. The predicted octanol–water partition coefficient (Wildman–Crippen LogP) is 5.21. The minimum atomic E-state index is -4.63. The zero-order valence-corrected chi connectivity index (χ0v) is 16.6. The van der Waals surface area contributed by atoms with Gasteiger partial charge in [-0.05, 0) is 19.9 Å². The molecule has 0 fully saturated rings. The van der Waals surface area contributed by atoms with Gasteiger partial charge in [0.05, 0.1) is 15.8 Å². The topological polar surface area (TPSA) is 61.4 Å². The third kappa shape index (κ3) is 3.06. The summed E-state index contributed by atoms with van der Waals surface area (Å²) in [5.41, 5.74) is -0.642. The summed E-state index contributed by atoms with van der Waals surface area (Å²) < 4.78 is 45.0. The summed E-state index contributed by atoms with van der Waals surface area (Å²) in [5, 5.41) is 3.81. The second-order valence-electron chi connectivity index (χ2n) is 6.46. The Balaban J connectivity index is 1.99. The lowest BCUT2D eigenvalue weighted by Crippen LogP contribution is -2.07. The number of imidazole rings is 1. The van der Waals surface area contributed by atoms with Gasteiger partial charge in [-0.1, -0.05) is 11.6 Å². The number of rotatable bonds is 3. The van der Waals surface area contributed by atoms with E-state index in [0.717, 1.165) is 11.3 Å². The number of thiophene rings is 1. The first-order valence-corrected chi connectivity index (χ1v) is 9.46. The predicted molar refractivity (Wildman–Crippen MR) is 101 cm³/mol. The molecule has 28 heavy (non-hydrogen) atoms. The molecule has 0 atom stereocenters. The fourth-order valence-electron chi connectivity index (χ4n) is 2.84. The molecule has 4 aromatic heterocycles. The number of aromatic nitrogens is 6. The second-order valence-corrected chi connectivity index (χ2v) is 7.82. The van der Waals surface area contributed by atoms with Crippen LogP contribution in [-0.4, -0.2) is 29.3 Å². The molecule has 0 N–H and O–H groups in total. The normalized spacial score (nSPS) is 12.4. The molecular formula is C17H14ClF3N6S. The lowest BCUT2D eigenvalue weighted by Gasteiger charge is -2.09. The van der Waals surface area contributed by atoms with Gasteiger partial charge in [-0.25, -0.2) is 15.0 Å². The standard InChI is InChI=1S/C17H14ClF3N6S/c1-8(2)27-6-4-9(25-27)12-11(17(19,20)21)10-13(18)23-14(24-16(10)28-12)15-22-5-7-26(15)3/h4-8H,1-3H3. The van der Waals surface area contributed by atoms with Crippen LogP contribution in [0.2, 0.25) is 5.15 Å². The summed E-state index contributed by atoms with van der Waals surface area (Å²) in [5.74, 6) is 0.579. The van der Waals surface area contributed by atoms with Gasteiger partial charge in [-0.15, -0.1) is 11.3 Å². The monoisotopic (exact) mass is 426 g/mol. The molecule has 0 bridgehead atoms. The summed E-state index contributed by atoms with van der Waals surface area (Å²) in [4.78, 5) is 12.6. The fourth-order valence-corrected chi connectivity index (χ4v) is 4.32. The van der Waals surface area contributed by atoms with Gasteiger partial charge < -0.3 is 4.57 Å². The van der Waals surface area contributed by atoms with Gasteiger partial charge >= 0.3 is 6.18 Å². The highest BCUT2D eigenvalue weighted by atomic mass is 35.5. The molecule has 4 aromatic rings. The fraction of sp³-hybridized carbons (Fsp3) is 0.294. The molecule has 0 amide bonds. The first-order chi connectivity index (χ1) is 13.2. The maximum atomic E-state index is 13.9. The van der Waals surface area contributed by atoms with Gasteiger partial charge in [0, 0.05) is 31.7 Å². The largest absolute Gasteiger partial charge is 0.418 e. The Morgan fingerprint density at radius 1 is 1.18 bits per heavy atom. The van der Waals surface area contributed by atoms with Crippen LogP contribution in [0.3, 0.4) is 0 Å². The van der Waals surface area contributed by atoms with E-state index in [-0.39, 0.29) is 37.8 Å². The second kappa shape index (κ2) is 6.56. The number of hydrogen-bond acceptors (Lipinski definition) is 5. The molecule has 0 radical (unpaired) electrons. The Morgan fingerprint density at radius 3 is 2.50 bits per heavy atom. The third-order valence-corrected chi connectivity index (χ3v) is 5.56. The highest BCUT2D eigenvalue weighted by Crippen LogP contribution is 2.48. The molecule has 0 saturated carbocycles. The van der Waals surface area contributed by atoms with Gasteiger partial charge in [-0.2, -0.15) is 18.3 Å². The minimum absolute atomic E-state index is 0.0239. The van der Waals surface area contributed by atoms with Crippen LogP contribution in [-0.2, 0) is 13.2 Å². The lowest BCUT2D eigenvalue weighted by atomic mass is 10.1. The van der Waals surface area contributed by atoms with Crippen molar-refractivity contribution >= 4 is 33.2 Å². The van der Waals surface area contributed by atoms with Gasteiger partial charge in [-0.3, -0.25) is 4.68 Å². The van der Waals surface area contributed by atoms with Crippen molar-refractivity contribution < 1.29 is 13.2 Å². The van der Waals surface area contributed by atoms with Gasteiger partial charge in [0.15, 0.2) is 11.6 Å². The Bertz CT molecular complexity index is 1170. The Kier molecular flexibility index (Phi) is 4.42. The van der Waals surface area contributed by atoms with Crippen molar-refractivity contribution in [3.63, 3.8) is 0 Å². The van der Waals surface area contributed by atoms with Crippen molar-refractivity contribution in [2.45, 2.75) is 26.1 Å². The van der Waals surface area contributed by atoms with Crippen molar-refractivity contribution in [2.24, 2.45) is 7.05 Å². The summed E-state index contributed by atoms with van der Waals surface area (Å²) in [6, 6.07) is 1.58. The van der Waals surface area contributed by atoms with E-state index in [4.69, 9.17) is 11.6 Å². The molecule has 4 heterocycles. The van der Waals surface area contributed by atoms with E-state index in [2.05, 4.69) is 20.1 Å². The van der Waals surface area contributed by atoms with Gasteiger partial charge in [0.1, 0.15) is 15.7 Å². The molecule has 0 aliphatic rings. The number of halogens is 4. The zero-order chi connectivity index (χ0) is 20.2. The highest BCUT2D eigenvalue weighted by molar-refractivity contribution is 7.22. The number of hydrogen-bond donors (Lipinski definition) is 0. The number of aryl methyl sites for hydroxylation is 1. The molecule has 4 rings (SSSR count). The van der Waals surface area contributed by atoms with E-state index in [9.17, 15) is 13.2 Å². The summed E-state index contributed by atoms with van der Waals surface area (Å²) >= 11 is 7.08. The van der Waals surface area contributed by atoms with E-state index < -0.39 is 11.7 Å². The minimum Gasteiger partial charge on any atom is -0.331 e. The molecule has 11 heteroatoms. The van der Waals surface area contributed by atoms with E-state index in [1.807, 2.05) is 13.8 Å². The summed E-state index contributed by atoms with van der Waals surface area (Å²) in [6.45, 7) is 3.79. The first-order valence-electron chi connectivity index (χ1n) is 8.27. The summed E-state index contributed by atoms with van der Waals surface area (Å²) in [6.07, 6.45) is 0.261. The van der Waals surface area contributed by atoms with Crippen molar-refractivity contribution in [2.75, 3.05) is 0 Å². The molecule has 0 aromatic carbocycles. The zero-order valence-electron chi connectivity index (χ0n) is 15.0. The van der Waals surface area contributed by atoms with Gasteiger partial charge in [0.2, 0.25) is 0 Å². The Hall–Kier alpha value is -2.46. The van der Waals surface area contributed by atoms with Crippen LogP contribution >= 0.6 is 22.9 Å². The van der Waals surface area contributed by atoms with E-state index in [0.29, 0.717) is 5.82 Å². The molecule has 146 valence electrons. The lowest BCUT2D eigenvalue weighted by molar-refractivity contribution is -0.135. The van der Waals surface area contributed by atoms with Crippen LogP contribution in [0, 0.1) is 0 Å². The van der Waals surface area contributed by atoms with E-state index in [1.165, 1.54) is 0 Å². The smallest absolute Gasteiger partial charge is 0.331 e. The number of fused-ring (bicyclic) bond motifs is 1. The van der Waals surface area contributed by atoms with E-state index >= 15 is 0 Å².